The van der Waals surface area contributed by atoms with E-state index in [0.717, 1.165) is 12.1 Å². The van der Waals surface area contributed by atoms with E-state index < -0.39 is 22.5 Å². The van der Waals surface area contributed by atoms with Crippen LogP contribution in [0, 0.1) is 16.0 Å². The zero-order valence-electron chi connectivity index (χ0n) is 10.7. The molecule has 0 bridgehead atoms. The fraction of sp³-hybridized carbons (Fsp3) is 0.333. The van der Waals surface area contributed by atoms with Gasteiger partial charge in [-0.3, -0.25) is 19.7 Å². The molecule has 0 aliphatic rings. The van der Waals surface area contributed by atoms with Gasteiger partial charge < -0.3 is 15.5 Å². The number of amides is 1. The normalized spacial score (nSPS) is 11.7. The summed E-state index contributed by atoms with van der Waals surface area (Å²) in [7, 11) is 0. The minimum atomic E-state index is -0.997. The average molecular weight is 282 g/mol. The number of carbonyl (C=O) groups excluding carboxylic acids is 1. The van der Waals surface area contributed by atoms with Gasteiger partial charge in [0.15, 0.2) is 0 Å². The molecule has 3 N–H and O–H groups in total. The van der Waals surface area contributed by atoms with E-state index in [1.165, 1.54) is 6.07 Å². The fourth-order valence-corrected chi connectivity index (χ4v) is 1.63. The van der Waals surface area contributed by atoms with Crippen molar-refractivity contribution in [3.63, 3.8) is 0 Å². The van der Waals surface area contributed by atoms with Crippen LogP contribution in [0.5, 0.6) is 5.75 Å². The first-order chi connectivity index (χ1) is 9.29. The Balaban J connectivity index is 2.67. The quantitative estimate of drug-likeness (QED) is 0.414. The molecule has 0 aliphatic heterocycles. The van der Waals surface area contributed by atoms with E-state index in [4.69, 9.17) is 5.11 Å². The lowest BCUT2D eigenvalue weighted by molar-refractivity contribution is -0.384. The third-order valence-corrected chi connectivity index (χ3v) is 2.52. The Kier molecular flexibility index (Phi) is 5.01. The van der Waals surface area contributed by atoms with Crippen molar-refractivity contribution in [2.45, 2.75) is 19.8 Å². The van der Waals surface area contributed by atoms with Gasteiger partial charge in [-0.05, 0) is 12.0 Å². The van der Waals surface area contributed by atoms with Crippen molar-refractivity contribution >= 4 is 23.3 Å². The van der Waals surface area contributed by atoms with Crippen molar-refractivity contribution in [3.05, 3.63) is 28.3 Å². The van der Waals surface area contributed by atoms with Gasteiger partial charge in [0.2, 0.25) is 5.91 Å². The summed E-state index contributed by atoms with van der Waals surface area (Å²) in [5, 5.41) is 31.0. The van der Waals surface area contributed by atoms with Crippen LogP contribution in [0.2, 0.25) is 0 Å². The number of non-ortho nitro benzene ring substituents is 1. The fourth-order valence-electron chi connectivity index (χ4n) is 1.63. The Bertz CT molecular complexity index is 543. The Morgan fingerprint density at radius 1 is 1.40 bits per heavy atom. The monoisotopic (exact) mass is 282 g/mol. The molecule has 1 aromatic carbocycles. The van der Waals surface area contributed by atoms with Crippen LogP contribution in [0.4, 0.5) is 11.4 Å². The van der Waals surface area contributed by atoms with Gasteiger partial charge in [0.25, 0.3) is 5.69 Å². The summed E-state index contributed by atoms with van der Waals surface area (Å²) in [4.78, 5) is 31.9. The number of benzene rings is 1. The van der Waals surface area contributed by atoms with Crippen molar-refractivity contribution < 1.29 is 24.7 Å². The van der Waals surface area contributed by atoms with E-state index >= 15 is 0 Å². The molecular weight excluding hydrogens is 268 g/mol. The van der Waals surface area contributed by atoms with E-state index in [9.17, 15) is 24.8 Å². The van der Waals surface area contributed by atoms with Crippen molar-refractivity contribution in [1.29, 1.82) is 0 Å². The first-order valence-corrected chi connectivity index (χ1v) is 5.78. The smallest absolute Gasteiger partial charge is 0.303 e. The molecule has 20 heavy (non-hydrogen) atoms. The SMILES string of the molecule is CC(CC(=O)O)CC(=O)Nc1ccc([N+](=O)[O-])cc1O. The van der Waals surface area contributed by atoms with E-state index in [1.54, 1.807) is 6.92 Å². The van der Waals surface area contributed by atoms with Crippen LogP contribution in [-0.2, 0) is 9.59 Å². The standard InChI is InChI=1S/C12H14N2O6/c1-7(5-12(17)18)4-11(16)13-9-3-2-8(14(19)20)6-10(9)15/h2-3,6-7,15H,4-5H2,1H3,(H,13,16)(H,17,18). The van der Waals surface area contributed by atoms with Crippen molar-refractivity contribution in [1.82, 2.24) is 0 Å². The molecule has 0 saturated carbocycles. The molecule has 1 unspecified atom stereocenters. The maximum atomic E-state index is 11.6. The van der Waals surface area contributed by atoms with Gasteiger partial charge >= 0.3 is 5.97 Å². The zero-order chi connectivity index (χ0) is 15.3. The van der Waals surface area contributed by atoms with Crippen LogP contribution in [0.25, 0.3) is 0 Å². The summed E-state index contributed by atoms with van der Waals surface area (Å²) in [6.45, 7) is 1.61. The number of rotatable bonds is 6. The first kappa shape index (κ1) is 15.4. The first-order valence-electron chi connectivity index (χ1n) is 5.78. The van der Waals surface area contributed by atoms with E-state index in [1.807, 2.05) is 0 Å². The van der Waals surface area contributed by atoms with Crippen LogP contribution in [0.3, 0.4) is 0 Å². The highest BCUT2D eigenvalue weighted by molar-refractivity contribution is 5.92. The van der Waals surface area contributed by atoms with Crippen molar-refractivity contribution in [2.24, 2.45) is 5.92 Å². The Morgan fingerprint density at radius 3 is 2.55 bits per heavy atom. The Labute approximate surface area is 114 Å². The number of carboxylic acid groups (broad SMARTS) is 1. The van der Waals surface area contributed by atoms with Gasteiger partial charge in [-0.25, -0.2) is 0 Å². The van der Waals surface area contributed by atoms with Gasteiger partial charge in [-0.2, -0.15) is 0 Å². The summed E-state index contributed by atoms with van der Waals surface area (Å²) in [6, 6.07) is 3.29. The molecule has 1 aromatic rings. The molecule has 0 radical (unpaired) electrons. The molecule has 0 aromatic heterocycles. The van der Waals surface area contributed by atoms with Crippen LogP contribution in [0.15, 0.2) is 18.2 Å². The summed E-state index contributed by atoms with van der Waals surface area (Å²) in [5.74, 6) is -2.24. The molecule has 0 fully saturated rings. The second-order valence-electron chi connectivity index (χ2n) is 4.41. The van der Waals surface area contributed by atoms with E-state index in [0.29, 0.717) is 0 Å². The number of hydrogen-bond acceptors (Lipinski definition) is 5. The lowest BCUT2D eigenvalue weighted by atomic mass is 10.0. The Morgan fingerprint density at radius 2 is 2.05 bits per heavy atom. The number of nitro groups is 1. The number of nitrogens with one attached hydrogen (secondary N) is 1. The number of anilines is 1. The number of hydrogen-bond donors (Lipinski definition) is 3. The third-order valence-electron chi connectivity index (χ3n) is 2.52. The number of aromatic hydroxyl groups is 1. The minimum absolute atomic E-state index is 0.0251. The van der Waals surface area contributed by atoms with Crippen LogP contribution >= 0.6 is 0 Å². The highest BCUT2D eigenvalue weighted by Gasteiger charge is 2.15. The van der Waals surface area contributed by atoms with E-state index in [2.05, 4.69) is 5.32 Å². The number of carboxylic acids is 1. The number of phenolic OH excluding ortho intramolecular Hbond substituents is 1. The maximum absolute atomic E-state index is 11.6. The second kappa shape index (κ2) is 6.50. The summed E-state index contributed by atoms with van der Waals surface area (Å²) >= 11 is 0. The molecule has 0 aliphatic carbocycles. The van der Waals surface area contributed by atoms with Crippen molar-refractivity contribution in [2.75, 3.05) is 5.32 Å². The predicted molar refractivity (Wildman–Crippen MR) is 69.4 cm³/mol. The number of nitrogens with zero attached hydrogens (tertiary/aromatic N) is 1. The molecule has 8 nitrogen and oxygen atoms in total. The molecule has 1 amide bonds. The lowest BCUT2D eigenvalue weighted by Gasteiger charge is -2.10. The molecular formula is C12H14N2O6. The summed E-state index contributed by atoms with van der Waals surface area (Å²) in [6.07, 6.45) is -0.164. The molecule has 0 spiro atoms. The lowest BCUT2D eigenvalue weighted by Crippen LogP contribution is -2.17. The number of aliphatic carboxylic acids is 1. The third kappa shape index (κ3) is 4.56. The molecule has 8 heteroatoms. The second-order valence-corrected chi connectivity index (χ2v) is 4.41. The topological polar surface area (TPSA) is 130 Å². The molecule has 1 atom stereocenters. The summed E-state index contributed by atoms with van der Waals surface area (Å²) in [5.41, 5.74) is -0.247. The minimum Gasteiger partial charge on any atom is -0.506 e. The molecule has 1 rings (SSSR count). The maximum Gasteiger partial charge on any atom is 0.303 e. The number of nitro benzene ring substituents is 1. The molecule has 108 valence electrons. The van der Waals surface area contributed by atoms with Gasteiger partial charge in [-0.1, -0.05) is 6.92 Å². The molecule has 0 saturated heterocycles. The van der Waals surface area contributed by atoms with Gasteiger partial charge in [-0.15, -0.1) is 0 Å². The Hall–Kier alpha value is -2.64. The van der Waals surface area contributed by atoms with Crippen molar-refractivity contribution in [3.8, 4) is 5.75 Å². The number of phenols is 1. The van der Waals surface area contributed by atoms with Crippen LogP contribution in [-0.4, -0.2) is 27.0 Å². The predicted octanol–water partition coefficient (Wildman–Crippen LogP) is 1.74. The van der Waals surface area contributed by atoms with E-state index in [-0.39, 0.29) is 30.1 Å². The van der Waals surface area contributed by atoms with Gasteiger partial charge in [0, 0.05) is 18.9 Å². The van der Waals surface area contributed by atoms with Crippen LogP contribution in [0.1, 0.15) is 19.8 Å². The molecule has 0 heterocycles. The average Bonchev–Trinajstić information content (AvgIpc) is 2.30. The largest absolute Gasteiger partial charge is 0.506 e. The van der Waals surface area contributed by atoms with Gasteiger partial charge in [0.1, 0.15) is 5.75 Å². The zero-order valence-corrected chi connectivity index (χ0v) is 10.7. The highest BCUT2D eigenvalue weighted by Crippen LogP contribution is 2.28. The summed E-state index contributed by atoms with van der Waals surface area (Å²) < 4.78 is 0. The number of carbonyl (C=O) groups is 2. The highest BCUT2D eigenvalue weighted by atomic mass is 16.6. The van der Waals surface area contributed by atoms with Crippen LogP contribution < -0.4 is 5.32 Å². The van der Waals surface area contributed by atoms with Gasteiger partial charge in [0.05, 0.1) is 16.7 Å².